The Morgan fingerprint density at radius 2 is 2.10 bits per heavy atom. The number of amides is 1. The molecule has 0 saturated heterocycles. The minimum absolute atomic E-state index is 0.0550. The lowest BCUT2D eigenvalue weighted by Gasteiger charge is -2.09. The summed E-state index contributed by atoms with van der Waals surface area (Å²) in [6, 6.07) is 7.91. The molecule has 1 amide bonds. The van der Waals surface area contributed by atoms with E-state index in [1.807, 2.05) is 24.3 Å². The number of carbonyl (C=O) groups excluding carboxylic acids is 1. The first-order chi connectivity index (χ1) is 9.66. The first-order valence-electron chi connectivity index (χ1n) is 6.88. The molecule has 0 saturated carbocycles. The van der Waals surface area contributed by atoms with Gasteiger partial charge in [-0.2, -0.15) is 5.10 Å². The molecule has 2 N–H and O–H groups in total. The number of benzene rings is 1. The zero-order chi connectivity index (χ0) is 14.4. The van der Waals surface area contributed by atoms with Gasteiger partial charge >= 0.3 is 0 Å². The van der Waals surface area contributed by atoms with Gasteiger partial charge in [0.1, 0.15) is 0 Å². The molecule has 1 aromatic carbocycles. The Labute approximate surface area is 118 Å². The first-order valence-corrected chi connectivity index (χ1v) is 6.88. The van der Waals surface area contributed by atoms with E-state index < -0.39 is 0 Å². The molecule has 0 unspecified atom stereocenters. The van der Waals surface area contributed by atoms with Crippen LogP contribution in [0.3, 0.4) is 0 Å². The Morgan fingerprint density at radius 1 is 1.30 bits per heavy atom. The van der Waals surface area contributed by atoms with E-state index in [1.165, 1.54) is 0 Å². The normalized spacial score (nSPS) is 10.8. The van der Waals surface area contributed by atoms with E-state index in [0.717, 1.165) is 16.6 Å². The van der Waals surface area contributed by atoms with Crippen molar-refractivity contribution in [1.82, 2.24) is 15.5 Å². The Balaban J connectivity index is 1.88. The highest BCUT2D eigenvalue weighted by Crippen LogP contribution is 2.18. The monoisotopic (exact) mass is 272 g/mol. The minimum atomic E-state index is 0.0550. The summed E-state index contributed by atoms with van der Waals surface area (Å²) in [7, 11) is 0. The summed E-state index contributed by atoms with van der Waals surface area (Å²) in [5.41, 5.74) is 0. The van der Waals surface area contributed by atoms with Crippen LogP contribution in [-0.2, 0) is 4.79 Å². The van der Waals surface area contributed by atoms with Crippen LogP contribution < -0.4 is 10.6 Å². The van der Waals surface area contributed by atoms with E-state index in [2.05, 4.69) is 34.7 Å². The molecule has 5 heteroatoms. The van der Waals surface area contributed by atoms with E-state index in [9.17, 15) is 4.79 Å². The summed E-state index contributed by atoms with van der Waals surface area (Å²) >= 11 is 0. The fourth-order valence-electron chi connectivity index (χ4n) is 1.86. The summed E-state index contributed by atoms with van der Waals surface area (Å²) in [6.45, 7) is 5.41. The van der Waals surface area contributed by atoms with Crippen LogP contribution in [0.15, 0.2) is 30.5 Å². The number of rotatable bonds is 6. The number of fused-ring (bicyclic) bond motifs is 1. The molecule has 0 aliphatic rings. The number of aromatic nitrogens is 2. The van der Waals surface area contributed by atoms with Crippen LogP contribution in [0, 0.1) is 5.92 Å². The highest BCUT2D eigenvalue weighted by Gasteiger charge is 2.05. The largest absolute Gasteiger partial charge is 0.368 e. The second kappa shape index (κ2) is 6.84. The van der Waals surface area contributed by atoms with Crippen molar-refractivity contribution < 1.29 is 4.79 Å². The van der Waals surface area contributed by atoms with Crippen LogP contribution in [0.25, 0.3) is 10.8 Å². The zero-order valence-corrected chi connectivity index (χ0v) is 11.9. The average Bonchev–Trinajstić information content (AvgIpc) is 2.45. The van der Waals surface area contributed by atoms with Crippen molar-refractivity contribution in [2.75, 3.05) is 18.4 Å². The molecule has 2 rings (SSSR count). The highest BCUT2D eigenvalue weighted by atomic mass is 16.1. The Bertz CT molecular complexity index is 578. The fourth-order valence-corrected chi connectivity index (χ4v) is 1.86. The molecule has 0 aliphatic carbocycles. The number of hydrogen-bond donors (Lipinski definition) is 2. The molecule has 0 aliphatic heterocycles. The zero-order valence-electron chi connectivity index (χ0n) is 11.9. The van der Waals surface area contributed by atoms with Crippen molar-refractivity contribution in [1.29, 1.82) is 0 Å². The summed E-state index contributed by atoms with van der Waals surface area (Å²) in [4.78, 5) is 11.6. The molecule has 0 atom stereocenters. The van der Waals surface area contributed by atoms with Gasteiger partial charge in [-0.25, -0.2) is 0 Å². The molecule has 5 nitrogen and oxygen atoms in total. The molecule has 0 fully saturated rings. The van der Waals surface area contributed by atoms with E-state index in [4.69, 9.17) is 0 Å². The number of carbonyl (C=O) groups is 1. The predicted molar refractivity (Wildman–Crippen MR) is 80.5 cm³/mol. The van der Waals surface area contributed by atoms with Crippen molar-refractivity contribution in [2.24, 2.45) is 5.92 Å². The number of anilines is 1. The van der Waals surface area contributed by atoms with Gasteiger partial charge in [-0.15, -0.1) is 5.10 Å². The maximum atomic E-state index is 11.6. The Kier molecular flexibility index (Phi) is 4.87. The molecule has 20 heavy (non-hydrogen) atoms. The highest BCUT2D eigenvalue weighted by molar-refractivity contribution is 5.91. The first kappa shape index (κ1) is 14.2. The fraction of sp³-hybridized carbons (Fsp3) is 0.400. The molecule has 0 bridgehead atoms. The van der Waals surface area contributed by atoms with Crippen LogP contribution >= 0.6 is 0 Å². The van der Waals surface area contributed by atoms with Crippen LogP contribution in [0.4, 0.5) is 5.82 Å². The molecule has 0 spiro atoms. The quantitative estimate of drug-likeness (QED) is 0.846. The van der Waals surface area contributed by atoms with Crippen molar-refractivity contribution >= 4 is 22.5 Å². The van der Waals surface area contributed by atoms with Crippen molar-refractivity contribution in [2.45, 2.75) is 20.3 Å². The van der Waals surface area contributed by atoms with Gasteiger partial charge in [0.15, 0.2) is 5.82 Å². The summed E-state index contributed by atoms with van der Waals surface area (Å²) in [5.74, 6) is 1.25. The standard InChI is InChI=1S/C15H20N4O/c1-11(2)9-17-14(20)7-8-16-15-13-6-4-3-5-12(13)10-18-19-15/h3-6,10-11H,7-9H2,1-2H3,(H,16,19)(H,17,20). The molecule has 2 aromatic rings. The topological polar surface area (TPSA) is 66.9 Å². The van der Waals surface area contributed by atoms with Gasteiger partial charge in [0.2, 0.25) is 5.91 Å². The number of nitrogens with zero attached hydrogens (tertiary/aromatic N) is 2. The van der Waals surface area contributed by atoms with Crippen molar-refractivity contribution in [3.05, 3.63) is 30.5 Å². The van der Waals surface area contributed by atoms with Crippen LogP contribution in [0.5, 0.6) is 0 Å². The summed E-state index contributed by atoms with van der Waals surface area (Å²) in [6.07, 6.45) is 2.16. The van der Waals surface area contributed by atoms with Crippen LogP contribution in [0.1, 0.15) is 20.3 Å². The van der Waals surface area contributed by atoms with Gasteiger partial charge in [-0.05, 0) is 5.92 Å². The van der Waals surface area contributed by atoms with Crippen molar-refractivity contribution in [3.63, 3.8) is 0 Å². The predicted octanol–water partition coefficient (Wildman–Crippen LogP) is 2.20. The smallest absolute Gasteiger partial charge is 0.221 e. The lowest BCUT2D eigenvalue weighted by Crippen LogP contribution is -2.28. The van der Waals surface area contributed by atoms with Gasteiger partial charge in [-0.1, -0.05) is 38.1 Å². The minimum Gasteiger partial charge on any atom is -0.368 e. The Morgan fingerprint density at radius 3 is 2.90 bits per heavy atom. The summed E-state index contributed by atoms with van der Waals surface area (Å²) < 4.78 is 0. The van der Waals surface area contributed by atoms with Crippen LogP contribution in [0.2, 0.25) is 0 Å². The maximum absolute atomic E-state index is 11.6. The Hall–Kier alpha value is -2.17. The third-order valence-electron chi connectivity index (χ3n) is 2.92. The molecule has 106 valence electrons. The van der Waals surface area contributed by atoms with E-state index >= 15 is 0 Å². The average molecular weight is 272 g/mol. The number of nitrogens with one attached hydrogen (secondary N) is 2. The van der Waals surface area contributed by atoms with E-state index in [-0.39, 0.29) is 5.91 Å². The molecular formula is C15H20N4O. The van der Waals surface area contributed by atoms with Gasteiger partial charge in [0.05, 0.1) is 6.20 Å². The van der Waals surface area contributed by atoms with Gasteiger partial charge in [0.25, 0.3) is 0 Å². The summed E-state index contributed by atoms with van der Waals surface area (Å²) in [5, 5.41) is 16.2. The SMILES string of the molecule is CC(C)CNC(=O)CCNc1nncc2ccccc12. The lowest BCUT2D eigenvalue weighted by molar-refractivity contribution is -0.120. The molecule has 1 heterocycles. The second-order valence-electron chi connectivity index (χ2n) is 5.16. The third-order valence-corrected chi connectivity index (χ3v) is 2.92. The van der Waals surface area contributed by atoms with Gasteiger partial charge in [-0.3, -0.25) is 4.79 Å². The van der Waals surface area contributed by atoms with E-state index in [1.54, 1.807) is 6.20 Å². The third kappa shape index (κ3) is 3.91. The van der Waals surface area contributed by atoms with Gasteiger partial charge in [0, 0.05) is 30.3 Å². The molecule has 0 radical (unpaired) electrons. The van der Waals surface area contributed by atoms with Crippen LogP contribution in [-0.4, -0.2) is 29.2 Å². The molecular weight excluding hydrogens is 252 g/mol. The molecule has 1 aromatic heterocycles. The number of hydrogen-bond acceptors (Lipinski definition) is 4. The lowest BCUT2D eigenvalue weighted by atomic mass is 10.2. The maximum Gasteiger partial charge on any atom is 0.221 e. The second-order valence-corrected chi connectivity index (χ2v) is 5.16. The van der Waals surface area contributed by atoms with E-state index in [0.29, 0.717) is 25.4 Å². The van der Waals surface area contributed by atoms with Crippen molar-refractivity contribution in [3.8, 4) is 0 Å². The van der Waals surface area contributed by atoms with Gasteiger partial charge < -0.3 is 10.6 Å².